The molecule has 0 aliphatic carbocycles. The van der Waals surface area contributed by atoms with Crippen molar-refractivity contribution in [3.63, 3.8) is 0 Å². The highest BCUT2D eigenvalue weighted by Crippen LogP contribution is 2.17. The largest absolute Gasteiger partial charge is 0.322 e. The fraction of sp³-hybridized carbons (Fsp3) is 0. The lowest BCUT2D eigenvalue weighted by molar-refractivity contribution is 0.389. The van der Waals surface area contributed by atoms with Gasteiger partial charge in [-0.3, -0.25) is 16.5 Å². The minimum atomic E-state index is 0.560. The molecule has 0 radical (unpaired) electrons. The predicted octanol–water partition coefficient (Wildman–Crippen LogP) is 0.773. The van der Waals surface area contributed by atoms with Crippen molar-refractivity contribution >= 4 is 11.4 Å². The Morgan fingerprint density at radius 2 is 1.80 bits per heavy atom. The lowest BCUT2D eigenvalue weighted by Gasteiger charge is -2.04. The summed E-state index contributed by atoms with van der Waals surface area (Å²) in [6, 6.07) is 7.06. The van der Waals surface area contributed by atoms with Crippen LogP contribution in [0.3, 0.4) is 0 Å². The van der Waals surface area contributed by atoms with Crippen LogP contribution in [0, 0.1) is 0 Å². The number of hydrogen-bond donors (Lipinski definition) is 4. The van der Waals surface area contributed by atoms with Gasteiger partial charge >= 0.3 is 0 Å². The molecule has 0 aromatic heterocycles. The molecule has 0 saturated carbocycles. The molecule has 0 fully saturated rings. The maximum Gasteiger partial charge on any atom is 0.0846 e. The van der Waals surface area contributed by atoms with Gasteiger partial charge in [0, 0.05) is 0 Å². The fourth-order valence-corrected chi connectivity index (χ4v) is 0.706. The summed E-state index contributed by atoms with van der Waals surface area (Å²) in [4.78, 5) is 0. The normalized spacial score (nSPS) is 9.00. The molecule has 5 N–H and O–H groups in total. The number of anilines is 2. The number of hydrogen-bond acceptors (Lipinski definition) is 4. The van der Waals surface area contributed by atoms with Gasteiger partial charge in [-0.25, -0.2) is 0 Å². The highest BCUT2D eigenvalue weighted by Gasteiger charge is 1.94. The number of nitrogens with two attached hydrogens (primary N) is 1. The van der Waals surface area contributed by atoms with Crippen LogP contribution in [0.15, 0.2) is 24.3 Å². The minimum absolute atomic E-state index is 0.560. The maximum absolute atomic E-state index is 8.50. The van der Waals surface area contributed by atoms with Crippen LogP contribution >= 0.6 is 0 Å². The minimum Gasteiger partial charge on any atom is -0.322 e. The second-order valence-electron chi connectivity index (χ2n) is 1.80. The Kier molecular flexibility index (Phi) is 2.09. The molecular weight excluding hydrogens is 130 g/mol. The number of nitrogens with one attached hydrogen (secondary N) is 2. The first kappa shape index (κ1) is 6.85. The van der Waals surface area contributed by atoms with Gasteiger partial charge in [0.05, 0.1) is 11.4 Å². The number of hydrazine groups is 1. The maximum atomic E-state index is 8.50. The second-order valence-corrected chi connectivity index (χ2v) is 1.80. The average Bonchev–Trinajstić information content (AvgIpc) is 2.04. The Labute approximate surface area is 58.6 Å². The van der Waals surface area contributed by atoms with Crippen LogP contribution in [0.5, 0.6) is 0 Å². The molecule has 0 aliphatic heterocycles. The zero-order valence-electron chi connectivity index (χ0n) is 5.33. The summed E-state index contributed by atoms with van der Waals surface area (Å²) in [6.07, 6.45) is 0. The third kappa shape index (κ3) is 1.18. The van der Waals surface area contributed by atoms with E-state index in [1.807, 2.05) is 11.5 Å². The molecule has 0 aliphatic rings. The van der Waals surface area contributed by atoms with Gasteiger partial charge in [-0.2, -0.15) is 0 Å². The van der Waals surface area contributed by atoms with Crippen LogP contribution in [0.1, 0.15) is 0 Å². The Hall–Kier alpha value is -1.26. The summed E-state index contributed by atoms with van der Waals surface area (Å²) in [6.45, 7) is 0. The van der Waals surface area contributed by atoms with Crippen molar-refractivity contribution in [2.45, 2.75) is 0 Å². The molecule has 4 heteroatoms. The van der Waals surface area contributed by atoms with Crippen LogP contribution in [0.2, 0.25) is 0 Å². The molecule has 0 bridgehead atoms. The van der Waals surface area contributed by atoms with Crippen LogP contribution in [-0.2, 0) is 0 Å². The highest BCUT2D eigenvalue weighted by atomic mass is 16.5. The van der Waals surface area contributed by atoms with E-state index in [4.69, 9.17) is 11.0 Å². The molecule has 0 heterocycles. The van der Waals surface area contributed by atoms with E-state index in [0.717, 1.165) is 0 Å². The number of benzene rings is 1. The quantitative estimate of drug-likeness (QED) is 0.361. The van der Waals surface area contributed by atoms with Crippen LogP contribution < -0.4 is 16.7 Å². The van der Waals surface area contributed by atoms with Crippen molar-refractivity contribution < 1.29 is 5.21 Å². The summed E-state index contributed by atoms with van der Waals surface area (Å²) >= 11 is 0. The fourth-order valence-electron chi connectivity index (χ4n) is 0.706. The van der Waals surface area contributed by atoms with E-state index in [-0.39, 0.29) is 0 Å². The van der Waals surface area contributed by atoms with E-state index >= 15 is 0 Å². The van der Waals surface area contributed by atoms with E-state index in [1.54, 1.807) is 18.2 Å². The summed E-state index contributed by atoms with van der Waals surface area (Å²) in [5, 5.41) is 8.50. The van der Waals surface area contributed by atoms with Crippen molar-refractivity contribution in [1.29, 1.82) is 0 Å². The zero-order valence-corrected chi connectivity index (χ0v) is 5.33. The van der Waals surface area contributed by atoms with Gasteiger partial charge < -0.3 is 5.43 Å². The van der Waals surface area contributed by atoms with E-state index in [2.05, 4.69) is 5.43 Å². The monoisotopic (exact) mass is 139 g/mol. The SMILES string of the molecule is NNc1ccccc1NO. The number of nitrogen functional groups attached to an aromatic ring is 1. The first-order chi connectivity index (χ1) is 4.88. The lowest BCUT2D eigenvalue weighted by Crippen LogP contribution is -2.08. The molecule has 4 nitrogen and oxygen atoms in total. The molecule has 1 aromatic carbocycles. The third-order valence-electron chi connectivity index (χ3n) is 1.20. The zero-order chi connectivity index (χ0) is 7.40. The van der Waals surface area contributed by atoms with E-state index in [9.17, 15) is 0 Å². The van der Waals surface area contributed by atoms with E-state index < -0.39 is 0 Å². The molecule has 10 heavy (non-hydrogen) atoms. The van der Waals surface area contributed by atoms with Gasteiger partial charge in [0.15, 0.2) is 0 Å². The van der Waals surface area contributed by atoms with Crippen LogP contribution in [0.4, 0.5) is 11.4 Å². The first-order valence-corrected chi connectivity index (χ1v) is 2.84. The van der Waals surface area contributed by atoms with Gasteiger partial charge in [0.25, 0.3) is 0 Å². The van der Waals surface area contributed by atoms with Crippen LogP contribution in [0.25, 0.3) is 0 Å². The molecule has 1 rings (SSSR count). The van der Waals surface area contributed by atoms with Crippen molar-refractivity contribution in [2.24, 2.45) is 5.84 Å². The molecule has 1 aromatic rings. The Morgan fingerprint density at radius 3 is 2.20 bits per heavy atom. The smallest absolute Gasteiger partial charge is 0.0846 e. The van der Waals surface area contributed by atoms with E-state index in [1.165, 1.54) is 0 Å². The summed E-state index contributed by atoms with van der Waals surface area (Å²) in [7, 11) is 0. The van der Waals surface area contributed by atoms with Crippen molar-refractivity contribution in [1.82, 2.24) is 0 Å². The summed E-state index contributed by atoms with van der Waals surface area (Å²) < 4.78 is 0. The van der Waals surface area contributed by atoms with Gasteiger partial charge in [0.1, 0.15) is 0 Å². The molecule has 54 valence electrons. The Morgan fingerprint density at radius 1 is 1.20 bits per heavy atom. The van der Waals surface area contributed by atoms with Crippen LogP contribution in [-0.4, -0.2) is 5.21 Å². The Bertz CT molecular complexity index is 191. The van der Waals surface area contributed by atoms with E-state index in [0.29, 0.717) is 11.4 Å². The third-order valence-corrected chi connectivity index (χ3v) is 1.20. The molecule has 0 atom stereocenters. The first-order valence-electron chi connectivity index (χ1n) is 2.84. The van der Waals surface area contributed by atoms with Crippen molar-refractivity contribution in [3.05, 3.63) is 24.3 Å². The van der Waals surface area contributed by atoms with Gasteiger partial charge in [0.2, 0.25) is 0 Å². The van der Waals surface area contributed by atoms with Gasteiger partial charge in [-0.15, -0.1) is 0 Å². The lowest BCUT2D eigenvalue weighted by atomic mass is 10.3. The standard InChI is InChI=1S/C6H9N3O/c7-8-5-3-1-2-4-6(5)9-10/h1-4,8-10H,7H2. The number of para-hydroxylation sites is 2. The van der Waals surface area contributed by atoms with Gasteiger partial charge in [-0.1, -0.05) is 12.1 Å². The van der Waals surface area contributed by atoms with Gasteiger partial charge in [-0.05, 0) is 12.1 Å². The summed E-state index contributed by atoms with van der Waals surface area (Å²) in [5.74, 6) is 5.13. The average molecular weight is 139 g/mol. The highest BCUT2D eigenvalue weighted by molar-refractivity contribution is 5.66. The van der Waals surface area contributed by atoms with Crippen molar-refractivity contribution in [3.8, 4) is 0 Å². The molecule has 0 unspecified atom stereocenters. The summed E-state index contributed by atoms with van der Waals surface area (Å²) in [5.41, 5.74) is 5.65. The molecular formula is C6H9N3O. The second kappa shape index (κ2) is 3.05. The Balaban J connectivity index is 2.96. The molecule has 0 spiro atoms. The molecule has 0 saturated heterocycles. The molecule has 0 amide bonds. The van der Waals surface area contributed by atoms with Crippen molar-refractivity contribution in [2.75, 3.05) is 10.9 Å². The predicted molar refractivity (Wildman–Crippen MR) is 39.7 cm³/mol. The number of rotatable bonds is 2. The topological polar surface area (TPSA) is 70.3 Å².